The molecule has 0 aliphatic heterocycles. The van der Waals surface area contributed by atoms with Gasteiger partial charge in [0.2, 0.25) is 0 Å². The SMILES string of the molecule is CCCC(CC(O)CC)C(C)C(C)O. The highest BCUT2D eigenvalue weighted by Gasteiger charge is 2.22. The molecule has 0 heterocycles. The molecule has 14 heavy (non-hydrogen) atoms. The number of hydrogen-bond donors (Lipinski definition) is 2. The number of rotatable bonds is 7. The Kier molecular flexibility index (Phi) is 7.20. The van der Waals surface area contributed by atoms with Crippen LogP contribution in [0.25, 0.3) is 0 Å². The van der Waals surface area contributed by atoms with E-state index in [2.05, 4.69) is 13.8 Å². The van der Waals surface area contributed by atoms with E-state index in [1.807, 2.05) is 13.8 Å². The molecule has 0 fully saturated rings. The first kappa shape index (κ1) is 13.9. The van der Waals surface area contributed by atoms with Crippen LogP contribution in [0, 0.1) is 11.8 Å². The normalized spacial score (nSPS) is 20.1. The van der Waals surface area contributed by atoms with Crippen LogP contribution in [0.4, 0.5) is 0 Å². The molecule has 2 N–H and O–H groups in total. The van der Waals surface area contributed by atoms with E-state index in [0.29, 0.717) is 5.92 Å². The second kappa shape index (κ2) is 7.24. The van der Waals surface area contributed by atoms with Crippen LogP contribution < -0.4 is 0 Å². The minimum Gasteiger partial charge on any atom is -0.393 e. The summed E-state index contributed by atoms with van der Waals surface area (Å²) in [5.74, 6) is 0.742. The maximum atomic E-state index is 9.60. The summed E-state index contributed by atoms with van der Waals surface area (Å²) in [5, 5.41) is 19.1. The Morgan fingerprint density at radius 1 is 1.07 bits per heavy atom. The number of hydrogen-bond acceptors (Lipinski definition) is 2. The van der Waals surface area contributed by atoms with Crippen molar-refractivity contribution in [3.8, 4) is 0 Å². The van der Waals surface area contributed by atoms with Crippen molar-refractivity contribution in [3.05, 3.63) is 0 Å². The zero-order chi connectivity index (χ0) is 11.1. The smallest absolute Gasteiger partial charge is 0.0540 e. The van der Waals surface area contributed by atoms with Gasteiger partial charge in [-0.1, -0.05) is 33.6 Å². The van der Waals surface area contributed by atoms with E-state index in [0.717, 1.165) is 25.7 Å². The Balaban J connectivity index is 4.13. The molecule has 4 unspecified atom stereocenters. The van der Waals surface area contributed by atoms with Crippen LogP contribution in [-0.4, -0.2) is 22.4 Å². The van der Waals surface area contributed by atoms with Gasteiger partial charge >= 0.3 is 0 Å². The van der Waals surface area contributed by atoms with E-state index < -0.39 is 0 Å². The molecule has 0 aliphatic carbocycles. The Labute approximate surface area is 88.3 Å². The molecule has 0 radical (unpaired) electrons. The van der Waals surface area contributed by atoms with Crippen LogP contribution in [-0.2, 0) is 0 Å². The standard InChI is InChI=1S/C12H26O2/c1-5-7-11(8-12(14)6-2)9(3)10(4)13/h9-14H,5-8H2,1-4H3. The predicted octanol–water partition coefficient (Wildman–Crippen LogP) is 2.58. The molecule has 0 saturated heterocycles. The Morgan fingerprint density at radius 2 is 1.64 bits per heavy atom. The summed E-state index contributed by atoms with van der Waals surface area (Å²) in [6.45, 7) is 8.07. The highest BCUT2D eigenvalue weighted by molar-refractivity contribution is 4.73. The Bertz CT molecular complexity index is 134. The van der Waals surface area contributed by atoms with E-state index in [9.17, 15) is 10.2 Å². The fraction of sp³-hybridized carbons (Fsp3) is 1.00. The Hall–Kier alpha value is -0.0800. The zero-order valence-corrected chi connectivity index (χ0v) is 10.0. The minimum atomic E-state index is -0.268. The van der Waals surface area contributed by atoms with E-state index in [4.69, 9.17) is 0 Å². The lowest BCUT2D eigenvalue weighted by Crippen LogP contribution is -2.26. The van der Waals surface area contributed by atoms with Crippen molar-refractivity contribution in [1.82, 2.24) is 0 Å². The first-order valence-electron chi connectivity index (χ1n) is 5.88. The maximum absolute atomic E-state index is 9.60. The molecular weight excluding hydrogens is 176 g/mol. The first-order valence-corrected chi connectivity index (χ1v) is 5.88. The molecule has 0 saturated carbocycles. The molecule has 86 valence electrons. The van der Waals surface area contributed by atoms with Gasteiger partial charge in [-0.2, -0.15) is 0 Å². The summed E-state index contributed by atoms with van der Waals surface area (Å²) in [6.07, 6.45) is 3.40. The third kappa shape index (κ3) is 4.97. The molecule has 0 rings (SSSR count). The molecule has 4 atom stereocenters. The van der Waals surface area contributed by atoms with Crippen molar-refractivity contribution in [1.29, 1.82) is 0 Å². The fourth-order valence-electron chi connectivity index (χ4n) is 1.88. The summed E-state index contributed by atoms with van der Waals surface area (Å²) >= 11 is 0. The number of aliphatic hydroxyl groups is 2. The summed E-state index contributed by atoms with van der Waals surface area (Å²) in [7, 11) is 0. The molecular formula is C12H26O2. The zero-order valence-electron chi connectivity index (χ0n) is 10.0. The van der Waals surface area contributed by atoms with Crippen molar-refractivity contribution in [2.24, 2.45) is 11.8 Å². The highest BCUT2D eigenvalue weighted by Crippen LogP contribution is 2.26. The van der Waals surface area contributed by atoms with Gasteiger partial charge in [0.25, 0.3) is 0 Å². The van der Waals surface area contributed by atoms with Gasteiger partial charge in [0.05, 0.1) is 12.2 Å². The third-order valence-electron chi connectivity index (χ3n) is 3.21. The minimum absolute atomic E-state index is 0.201. The maximum Gasteiger partial charge on any atom is 0.0540 e. The summed E-state index contributed by atoms with van der Waals surface area (Å²) in [4.78, 5) is 0. The van der Waals surface area contributed by atoms with Crippen molar-refractivity contribution in [2.75, 3.05) is 0 Å². The Morgan fingerprint density at radius 3 is 2.00 bits per heavy atom. The summed E-state index contributed by atoms with van der Waals surface area (Å²) in [5.41, 5.74) is 0. The molecule has 0 bridgehead atoms. The molecule has 0 aromatic carbocycles. The fourth-order valence-corrected chi connectivity index (χ4v) is 1.88. The van der Waals surface area contributed by atoms with E-state index in [-0.39, 0.29) is 18.1 Å². The molecule has 0 amide bonds. The molecule has 0 aliphatic rings. The van der Waals surface area contributed by atoms with Crippen LogP contribution in [0.15, 0.2) is 0 Å². The molecule has 0 aromatic heterocycles. The summed E-state index contributed by atoms with van der Waals surface area (Å²) in [6, 6.07) is 0. The largest absolute Gasteiger partial charge is 0.393 e. The average Bonchev–Trinajstić information content (AvgIpc) is 2.15. The predicted molar refractivity (Wildman–Crippen MR) is 60.2 cm³/mol. The van der Waals surface area contributed by atoms with Crippen LogP contribution in [0.5, 0.6) is 0 Å². The van der Waals surface area contributed by atoms with E-state index in [1.165, 1.54) is 0 Å². The molecule has 0 aromatic rings. The lowest BCUT2D eigenvalue weighted by Gasteiger charge is -2.27. The highest BCUT2D eigenvalue weighted by atomic mass is 16.3. The second-order valence-corrected chi connectivity index (χ2v) is 4.45. The van der Waals surface area contributed by atoms with E-state index >= 15 is 0 Å². The van der Waals surface area contributed by atoms with Crippen LogP contribution in [0.1, 0.15) is 53.4 Å². The quantitative estimate of drug-likeness (QED) is 0.666. The van der Waals surface area contributed by atoms with Gasteiger partial charge in [-0.05, 0) is 31.6 Å². The molecule has 0 spiro atoms. The van der Waals surface area contributed by atoms with Gasteiger partial charge in [-0.25, -0.2) is 0 Å². The third-order valence-corrected chi connectivity index (χ3v) is 3.21. The molecule has 2 heteroatoms. The summed E-state index contributed by atoms with van der Waals surface area (Å²) < 4.78 is 0. The van der Waals surface area contributed by atoms with Crippen LogP contribution in [0.3, 0.4) is 0 Å². The topological polar surface area (TPSA) is 40.5 Å². The van der Waals surface area contributed by atoms with Crippen molar-refractivity contribution in [2.45, 2.75) is 65.6 Å². The van der Waals surface area contributed by atoms with E-state index in [1.54, 1.807) is 0 Å². The molecule has 2 nitrogen and oxygen atoms in total. The van der Waals surface area contributed by atoms with Crippen molar-refractivity contribution >= 4 is 0 Å². The van der Waals surface area contributed by atoms with Gasteiger partial charge < -0.3 is 10.2 Å². The van der Waals surface area contributed by atoms with Gasteiger partial charge in [0.15, 0.2) is 0 Å². The van der Waals surface area contributed by atoms with Gasteiger partial charge in [0, 0.05) is 0 Å². The van der Waals surface area contributed by atoms with Crippen molar-refractivity contribution < 1.29 is 10.2 Å². The monoisotopic (exact) mass is 202 g/mol. The van der Waals surface area contributed by atoms with Crippen LogP contribution in [0.2, 0.25) is 0 Å². The first-order chi connectivity index (χ1) is 6.52. The second-order valence-electron chi connectivity index (χ2n) is 4.45. The van der Waals surface area contributed by atoms with Gasteiger partial charge in [-0.3, -0.25) is 0 Å². The average molecular weight is 202 g/mol. The van der Waals surface area contributed by atoms with Crippen molar-refractivity contribution in [3.63, 3.8) is 0 Å². The lowest BCUT2D eigenvalue weighted by atomic mass is 9.82. The van der Waals surface area contributed by atoms with Gasteiger partial charge in [-0.15, -0.1) is 0 Å². The lowest BCUT2D eigenvalue weighted by molar-refractivity contribution is 0.0606. The van der Waals surface area contributed by atoms with Crippen LogP contribution >= 0.6 is 0 Å². The number of aliphatic hydroxyl groups excluding tert-OH is 2. The van der Waals surface area contributed by atoms with Gasteiger partial charge in [0.1, 0.15) is 0 Å².